The van der Waals surface area contributed by atoms with Crippen molar-refractivity contribution in [1.82, 2.24) is 15.5 Å². The first-order valence-corrected chi connectivity index (χ1v) is 6.63. The third-order valence-electron chi connectivity index (χ3n) is 2.72. The third-order valence-corrected chi connectivity index (χ3v) is 2.72. The maximum absolute atomic E-state index is 5.37. The van der Waals surface area contributed by atoms with Crippen LogP contribution < -0.4 is 5.32 Å². The SMILES string of the molecule is COC(c1noc(CCCNC(C)C)n1)C(C)C. The van der Waals surface area contributed by atoms with Gasteiger partial charge in [0.05, 0.1) is 0 Å². The minimum absolute atomic E-state index is 0.0868. The number of rotatable bonds is 8. The van der Waals surface area contributed by atoms with Crippen LogP contribution >= 0.6 is 0 Å². The summed E-state index contributed by atoms with van der Waals surface area (Å²) in [5.74, 6) is 1.68. The average molecular weight is 255 g/mol. The molecule has 5 heteroatoms. The van der Waals surface area contributed by atoms with Crippen molar-refractivity contribution in [3.63, 3.8) is 0 Å². The van der Waals surface area contributed by atoms with Crippen molar-refractivity contribution < 1.29 is 9.26 Å². The lowest BCUT2D eigenvalue weighted by Crippen LogP contribution is -2.23. The van der Waals surface area contributed by atoms with Gasteiger partial charge >= 0.3 is 0 Å². The Kier molecular flexibility index (Phi) is 6.29. The normalized spacial score (nSPS) is 13.5. The number of aryl methyl sites for hydroxylation is 1. The largest absolute Gasteiger partial charge is 0.373 e. The highest BCUT2D eigenvalue weighted by molar-refractivity contribution is 4.92. The Morgan fingerprint density at radius 1 is 1.28 bits per heavy atom. The molecule has 0 saturated carbocycles. The summed E-state index contributed by atoms with van der Waals surface area (Å²) in [7, 11) is 1.67. The molecule has 1 aromatic heterocycles. The Hall–Kier alpha value is -0.940. The van der Waals surface area contributed by atoms with E-state index in [1.807, 2.05) is 0 Å². The maximum atomic E-state index is 5.37. The molecule has 1 N–H and O–H groups in total. The van der Waals surface area contributed by atoms with E-state index in [1.165, 1.54) is 0 Å². The van der Waals surface area contributed by atoms with Crippen LogP contribution in [-0.4, -0.2) is 29.8 Å². The minimum atomic E-state index is -0.0868. The van der Waals surface area contributed by atoms with Crippen LogP contribution in [-0.2, 0) is 11.2 Å². The molecule has 1 aromatic rings. The third kappa shape index (κ3) is 4.74. The van der Waals surface area contributed by atoms with Crippen LogP contribution in [0.3, 0.4) is 0 Å². The van der Waals surface area contributed by atoms with Crippen molar-refractivity contribution in [3.05, 3.63) is 11.7 Å². The average Bonchev–Trinajstić information content (AvgIpc) is 2.73. The molecule has 1 atom stereocenters. The molecule has 1 heterocycles. The van der Waals surface area contributed by atoms with Gasteiger partial charge in [-0.15, -0.1) is 0 Å². The van der Waals surface area contributed by atoms with E-state index in [1.54, 1.807) is 7.11 Å². The van der Waals surface area contributed by atoms with E-state index in [4.69, 9.17) is 9.26 Å². The van der Waals surface area contributed by atoms with Crippen molar-refractivity contribution in [3.8, 4) is 0 Å². The molecule has 0 radical (unpaired) electrons. The van der Waals surface area contributed by atoms with Gasteiger partial charge in [-0.3, -0.25) is 0 Å². The fourth-order valence-corrected chi connectivity index (χ4v) is 1.79. The van der Waals surface area contributed by atoms with Crippen molar-refractivity contribution >= 4 is 0 Å². The molecule has 0 spiro atoms. The molecule has 18 heavy (non-hydrogen) atoms. The highest BCUT2D eigenvalue weighted by Crippen LogP contribution is 2.22. The Morgan fingerprint density at radius 3 is 2.56 bits per heavy atom. The van der Waals surface area contributed by atoms with Crippen LogP contribution in [0.15, 0.2) is 4.52 Å². The monoisotopic (exact) mass is 255 g/mol. The predicted octanol–water partition coefficient (Wildman–Crippen LogP) is 2.34. The van der Waals surface area contributed by atoms with Crippen LogP contribution in [0.4, 0.5) is 0 Å². The molecule has 0 aliphatic rings. The number of hydrogen-bond donors (Lipinski definition) is 1. The molecule has 0 fully saturated rings. The van der Waals surface area contributed by atoms with Gasteiger partial charge in [-0.1, -0.05) is 32.9 Å². The second-order valence-corrected chi connectivity index (χ2v) is 5.16. The summed E-state index contributed by atoms with van der Waals surface area (Å²) >= 11 is 0. The van der Waals surface area contributed by atoms with Crippen LogP contribution in [0.1, 0.15) is 51.9 Å². The summed E-state index contributed by atoms with van der Waals surface area (Å²) in [6.45, 7) is 9.40. The van der Waals surface area contributed by atoms with Gasteiger partial charge in [0.1, 0.15) is 6.10 Å². The molecule has 104 valence electrons. The lowest BCUT2D eigenvalue weighted by molar-refractivity contribution is 0.0555. The van der Waals surface area contributed by atoms with Crippen molar-refractivity contribution in [2.75, 3.05) is 13.7 Å². The first-order chi connectivity index (χ1) is 8.54. The molecular formula is C13H25N3O2. The Balaban J connectivity index is 2.43. The van der Waals surface area contributed by atoms with Crippen LogP contribution in [0.5, 0.6) is 0 Å². The summed E-state index contributed by atoms with van der Waals surface area (Å²) < 4.78 is 10.6. The molecule has 0 aliphatic heterocycles. The van der Waals surface area contributed by atoms with Gasteiger partial charge in [0, 0.05) is 19.6 Å². The number of methoxy groups -OCH3 is 1. The Labute approximate surface area is 109 Å². The summed E-state index contributed by atoms with van der Waals surface area (Å²) in [6, 6.07) is 0.516. The lowest BCUT2D eigenvalue weighted by atomic mass is 10.1. The van der Waals surface area contributed by atoms with E-state index >= 15 is 0 Å². The fraction of sp³-hybridized carbons (Fsp3) is 0.846. The second-order valence-electron chi connectivity index (χ2n) is 5.16. The first-order valence-electron chi connectivity index (χ1n) is 6.63. The first kappa shape index (κ1) is 15.1. The summed E-state index contributed by atoms with van der Waals surface area (Å²) in [4.78, 5) is 4.39. The zero-order valence-electron chi connectivity index (χ0n) is 12.1. The van der Waals surface area contributed by atoms with Gasteiger partial charge < -0.3 is 14.6 Å². The zero-order valence-corrected chi connectivity index (χ0v) is 12.1. The summed E-state index contributed by atoms with van der Waals surface area (Å²) in [6.07, 6.45) is 1.72. The van der Waals surface area contributed by atoms with Crippen molar-refractivity contribution in [2.24, 2.45) is 5.92 Å². The molecule has 1 unspecified atom stereocenters. The Morgan fingerprint density at radius 2 is 2.00 bits per heavy atom. The summed E-state index contributed by atoms with van der Waals surface area (Å²) in [5, 5.41) is 7.35. The van der Waals surface area contributed by atoms with E-state index < -0.39 is 0 Å². The molecule has 0 amide bonds. The quantitative estimate of drug-likeness (QED) is 0.722. The Bertz CT molecular complexity index is 337. The standard InChI is InChI=1S/C13H25N3O2/c1-9(2)12(17-5)13-15-11(18-16-13)7-6-8-14-10(3)4/h9-10,12,14H,6-8H2,1-5H3. The van der Waals surface area contributed by atoms with Gasteiger partial charge in [0.25, 0.3) is 0 Å². The number of hydrogen-bond acceptors (Lipinski definition) is 5. The molecule has 5 nitrogen and oxygen atoms in total. The van der Waals surface area contributed by atoms with Gasteiger partial charge in [-0.25, -0.2) is 0 Å². The van der Waals surface area contributed by atoms with E-state index in [-0.39, 0.29) is 6.10 Å². The van der Waals surface area contributed by atoms with Crippen LogP contribution in [0.2, 0.25) is 0 Å². The molecule has 1 rings (SSSR count). The van der Waals surface area contributed by atoms with Gasteiger partial charge in [-0.05, 0) is 18.9 Å². The lowest BCUT2D eigenvalue weighted by Gasteiger charge is -2.14. The van der Waals surface area contributed by atoms with E-state index in [0.717, 1.165) is 19.4 Å². The van der Waals surface area contributed by atoms with Gasteiger partial charge in [0.15, 0.2) is 0 Å². The highest BCUT2D eigenvalue weighted by atomic mass is 16.5. The second kappa shape index (κ2) is 7.48. The van der Waals surface area contributed by atoms with Crippen LogP contribution in [0.25, 0.3) is 0 Å². The molecule has 0 bridgehead atoms. The molecular weight excluding hydrogens is 230 g/mol. The van der Waals surface area contributed by atoms with Gasteiger partial charge in [0.2, 0.25) is 11.7 Å². The number of nitrogens with zero attached hydrogens (tertiary/aromatic N) is 2. The van der Waals surface area contributed by atoms with Crippen molar-refractivity contribution in [1.29, 1.82) is 0 Å². The van der Waals surface area contributed by atoms with E-state index in [0.29, 0.717) is 23.7 Å². The van der Waals surface area contributed by atoms with E-state index in [2.05, 4.69) is 43.2 Å². The molecule has 0 saturated heterocycles. The zero-order chi connectivity index (χ0) is 13.5. The minimum Gasteiger partial charge on any atom is -0.373 e. The number of ether oxygens (including phenoxy) is 1. The smallest absolute Gasteiger partial charge is 0.226 e. The highest BCUT2D eigenvalue weighted by Gasteiger charge is 2.20. The molecule has 0 aromatic carbocycles. The van der Waals surface area contributed by atoms with E-state index in [9.17, 15) is 0 Å². The number of nitrogens with one attached hydrogen (secondary N) is 1. The molecule has 0 aliphatic carbocycles. The van der Waals surface area contributed by atoms with Crippen molar-refractivity contribution in [2.45, 2.75) is 52.7 Å². The maximum Gasteiger partial charge on any atom is 0.226 e. The topological polar surface area (TPSA) is 60.2 Å². The number of aromatic nitrogens is 2. The van der Waals surface area contributed by atoms with Gasteiger partial charge in [-0.2, -0.15) is 4.98 Å². The fourth-order valence-electron chi connectivity index (χ4n) is 1.79. The predicted molar refractivity (Wildman–Crippen MR) is 70.3 cm³/mol. The van der Waals surface area contributed by atoms with Crippen LogP contribution in [0, 0.1) is 5.92 Å². The summed E-state index contributed by atoms with van der Waals surface area (Å²) in [5.41, 5.74) is 0.